The van der Waals surface area contributed by atoms with E-state index in [0.29, 0.717) is 323 Å². The Labute approximate surface area is 635 Å². The molecule has 0 radical (unpaired) electrons. The van der Waals surface area contributed by atoms with Crippen molar-refractivity contribution in [2.45, 2.75) is 72.6 Å². The highest BCUT2D eigenvalue weighted by atomic mass is 16.6. The summed E-state index contributed by atoms with van der Waals surface area (Å²) < 4.78 is 137. The monoisotopic (exact) mass is 1550 g/mol. The lowest BCUT2D eigenvalue weighted by Crippen LogP contribution is -2.54. The summed E-state index contributed by atoms with van der Waals surface area (Å²) in [5.41, 5.74) is 1.25. The molecule has 0 bridgehead atoms. The number of benzene rings is 1. The average Bonchev–Trinajstić information content (AvgIpc) is 0.875. The van der Waals surface area contributed by atoms with Crippen LogP contribution in [0.1, 0.15) is 59.4 Å². The molecule has 0 saturated carbocycles. The zero-order valence-electron chi connectivity index (χ0n) is 65.2. The van der Waals surface area contributed by atoms with Crippen LogP contribution < -0.4 is 16.0 Å². The van der Waals surface area contributed by atoms with E-state index in [1.165, 1.54) is 6.92 Å². The van der Waals surface area contributed by atoms with E-state index in [2.05, 4.69) is 16.0 Å². The molecular formula is C73H134N4O30. The van der Waals surface area contributed by atoms with E-state index in [9.17, 15) is 24.0 Å². The van der Waals surface area contributed by atoms with Gasteiger partial charge in [0.15, 0.2) is 0 Å². The summed E-state index contributed by atoms with van der Waals surface area (Å²) in [6, 6.07) is 4.95. The quantitative estimate of drug-likeness (QED) is 0.0622. The first-order chi connectivity index (χ1) is 52.5. The molecule has 34 nitrogen and oxygen atoms in total. The summed E-state index contributed by atoms with van der Waals surface area (Å²) in [7, 11) is 1.64. The van der Waals surface area contributed by atoms with Crippen LogP contribution in [0.2, 0.25) is 0 Å². The van der Waals surface area contributed by atoms with Crippen molar-refractivity contribution in [2.24, 2.45) is 5.92 Å². The van der Waals surface area contributed by atoms with E-state index >= 15 is 0 Å². The fourth-order valence-electron chi connectivity index (χ4n) is 8.54. The second-order valence-electron chi connectivity index (χ2n) is 23.4. The van der Waals surface area contributed by atoms with E-state index in [4.69, 9.17) is 118 Å². The van der Waals surface area contributed by atoms with Gasteiger partial charge in [-0.25, -0.2) is 0 Å². The molecule has 0 unspecified atom stereocenters. The van der Waals surface area contributed by atoms with Crippen LogP contribution in [-0.2, 0) is 149 Å². The third-order valence-electron chi connectivity index (χ3n) is 14.2. The Kier molecular flexibility index (Phi) is 74.9. The maximum atomic E-state index is 13.2. The maximum absolute atomic E-state index is 13.2. The number of nitrogens with one attached hydrogen (secondary N) is 3. The van der Waals surface area contributed by atoms with Crippen molar-refractivity contribution < 1.29 is 142 Å². The van der Waals surface area contributed by atoms with E-state index in [0.717, 1.165) is 5.56 Å². The summed E-state index contributed by atoms with van der Waals surface area (Å²) in [4.78, 5) is 64.8. The van der Waals surface area contributed by atoms with Gasteiger partial charge in [0.05, 0.1) is 317 Å². The van der Waals surface area contributed by atoms with Crippen molar-refractivity contribution in [1.82, 2.24) is 15.5 Å². The van der Waals surface area contributed by atoms with Crippen LogP contribution in [-0.4, -0.2) is 377 Å². The van der Waals surface area contributed by atoms with Crippen molar-refractivity contribution in [1.29, 1.82) is 0 Å². The topological polar surface area (TPSA) is 355 Å². The van der Waals surface area contributed by atoms with Gasteiger partial charge in [-0.05, 0) is 37.0 Å². The van der Waals surface area contributed by atoms with Gasteiger partial charge in [0, 0.05) is 39.2 Å². The minimum absolute atomic E-state index is 0.00704. The summed E-state index contributed by atoms with van der Waals surface area (Å²) in [5.74, 6) is -2.18. The predicted molar refractivity (Wildman–Crippen MR) is 392 cm³/mol. The Morgan fingerprint density at radius 2 is 0.598 bits per heavy atom. The number of rotatable bonds is 85. The molecule has 1 rings (SSSR count). The van der Waals surface area contributed by atoms with Gasteiger partial charge in [0.2, 0.25) is 23.6 Å². The number of amides is 4. The van der Waals surface area contributed by atoms with Crippen LogP contribution in [0.5, 0.6) is 0 Å². The number of esters is 1. The first-order valence-corrected chi connectivity index (χ1v) is 37.7. The number of ether oxygens (including phenoxy) is 25. The van der Waals surface area contributed by atoms with Crippen LogP contribution in [0.4, 0.5) is 5.69 Å². The molecule has 1 aromatic carbocycles. The number of carbonyl (C=O) groups excluding carboxylic acids is 5. The molecule has 0 aliphatic carbocycles. The number of nitrogens with zero attached hydrogens (tertiary/aromatic N) is 1. The number of carbonyl (C=O) groups is 5. The van der Waals surface area contributed by atoms with Gasteiger partial charge < -0.3 is 139 Å². The van der Waals surface area contributed by atoms with Crippen molar-refractivity contribution in [3.8, 4) is 0 Å². The summed E-state index contributed by atoms with van der Waals surface area (Å²) in [6.07, 6.45) is 0.832. The van der Waals surface area contributed by atoms with Crippen LogP contribution in [0.15, 0.2) is 24.3 Å². The van der Waals surface area contributed by atoms with Gasteiger partial charge in [0.1, 0.15) is 18.7 Å². The minimum Gasteiger partial charge on any atom is -0.461 e. The molecule has 34 heteroatoms. The van der Waals surface area contributed by atoms with Crippen molar-refractivity contribution >= 4 is 35.3 Å². The Balaban J connectivity index is 1.76. The van der Waals surface area contributed by atoms with Crippen molar-refractivity contribution in [3.05, 3.63) is 29.8 Å². The molecule has 0 aliphatic rings. The van der Waals surface area contributed by atoms with E-state index < -0.39 is 35.8 Å². The van der Waals surface area contributed by atoms with Crippen LogP contribution in [0.25, 0.3) is 0 Å². The standard InChI is InChI=1S/C73H134N4O30/c1-7-14-77(15-12-69(79)76-71(64(2)3)73(82)74-65(4)72(81)75-68-10-8-67(9-11-68)63-107-66(5)78)70(80)13-16-84-19-20-86-23-24-88-27-28-90-31-32-92-35-36-94-39-40-96-43-44-98-47-48-100-51-52-102-55-56-104-59-60-106-62-61-105-58-57-103-54-53-101-50-49-99-46-45-97-42-41-95-38-37-93-34-33-91-30-29-89-26-25-87-22-21-85-18-17-83-6/h8-11,64-65,71H,7,12-63H2,1-6H3,(H,74,82)(H,75,81)(H,76,79)/t65-,71-/m0/s1. The van der Waals surface area contributed by atoms with E-state index in [1.54, 1.807) is 57.0 Å². The lowest BCUT2D eigenvalue weighted by atomic mass is 10.0. The highest BCUT2D eigenvalue weighted by Crippen LogP contribution is 2.12. The van der Waals surface area contributed by atoms with Gasteiger partial charge in [-0.1, -0.05) is 32.9 Å². The van der Waals surface area contributed by atoms with Crippen molar-refractivity contribution in [2.75, 3.05) is 336 Å². The Morgan fingerprint density at radius 1 is 0.336 bits per heavy atom. The number of methoxy groups -OCH3 is 1. The molecule has 0 aliphatic heterocycles. The first kappa shape index (κ1) is 101. The van der Waals surface area contributed by atoms with Gasteiger partial charge in [0.25, 0.3) is 0 Å². The van der Waals surface area contributed by atoms with E-state index in [1.807, 2.05) is 6.92 Å². The Morgan fingerprint density at radius 3 is 0.841 bits per heavy atom. The van der Waals surface area contributed by atoms with E-state index in [-0.39, 0.29) is 44.4 Å². The highest BCUT2D eigenvalue weighted by Gasteiger charge is 2.28. The molecule has 0 spiro atoms. The Hall–Kier alpha value is -4.39. The summed E-state index contributed by atoms with van der Waals surface area (Å²) >= 11 is 0. The van der Waals surface area contributed by atoms with Gasteiger partial charge in [-0.15, -0.1) is 0 Å². The second-order valence-corrected chi connectivity index (χ2v) is 23.4. The molecule has 4 amide bonds. The van der Waals surface area contributed by atoms with Gasteiger partial charge in [-0.2, -0.15) is 0 Å². The third kappa shape index (κ3) is 70.5. The van der Waals surface area contributed by atoms with Crippen LogP contribution >= 0.6 is 0 Å². The van der Waals surface area contributed by atoms with Crippen LogP contribution in [0.3, 0.4) is 0 Å². The highest BCUT2D eigenvalue weighted by molar-refractivity contribution is 5.98. The molecule has 3 N–H and O–H groups in total. The molecule has 0 aromatic heterocycles. The van der Waals surface area contributed by atoms with Crippen LogP contribution in [0, 0.1) is 5.92 Å². The molecule has 626 valence electrons. The SMILES string of the molecule is CCCN(CCC(=O)N[C@H](C(=O)N[C@@H](C)C(=O)Nc1ccc(COC(C)=O)cc1)C(C)C)C(=O)CCOCCOCCOCCOCCOCCOCCOCCOCCOCCOCCOCCOCCOCCOCCOCCOCCOCCOCCOCCOCCOCCOCCOCCOC. The minimum atomic E-state index is -0.906. The smallest absolute Gasteiger partial charge is 0.302 e. The number of hydrogen-bond acceptors (Lipinski definition) is 30. The van der Waals surface area contributed by atoms with Crippen molar-refractivity contribution in [3.63, 3.8) is 0 Å². The number of anilines is 1. The fourth-order valence-corrected chi connectivity index (χ4v) is 8.54. The fraction of sp³-hybridized carbons (Fsp3) is 0.849. The molecule has 0 fully saturated rings. The normalized spacial score (nSPS) is 12.1. The zero-order valence-corrected chi connectivity index (χ0v) is 65.2. The second kappa shape index (κ2) is 79.7. The number of hydrogen-bond donors (Lipinski definition) is 3. The predicted octanol–water partition coefficient (Wildman–Crippen LogP) is 2.38. The van der Waals surface area contributed by atoms with Gasteiger partial charge in [-0.3, -0.25) is 24.0 Å². The lowest BCUT2D eigenvalue weighted by molar-refractivity contribution is -0.142. The molecule has 1 aromatic rings. The third-order valence-corrected chi connectivity index (χ3v) is 14.2. The molecule has 107 heavy (non-hydrogen) atoms. The molecule has 0 heterocycles. The zero-order chi connectivity index (χ0) is 77.5. The average molecular weight is 1550 g/mol. The summed E-state index contributed by atoms with van der Waals surface area (Å²) in [5, 5.41) is 8.19. The lowest BCUT2D eigenvalue weighted by Gasteiger charge is -2.25. The summed E-state index contributed by atoms with van der Waals surface area (Å²) in [6.45, 7) is 30.9. The largest absolute Gasteiger partial charge is 0.461 e. The maximum Gasteiger partial charge on any atom is 0.302 e. The Bertz CT molecular complexity index is 2140. The molecular weight excluding hydrogens is 1410 g/mol. The molecule has 2 atom stereocenters. The molecule has 0 saturated heterocycles. The first-order valence-electron chi connectivity index (χ1n) is 37.7. The van der Waals surface area contributed by atoms with Gasteiger partial charge >= 0.3 is 5.97 Å².